The predicted octanol–water partition coefficient (Wildman–Crippen LogP) is 3.72. The second-order valence-electron chi connectivity index (χ2n) is 8.93. The van der Waals surface area contributed by atoms with Crippen molar-refractivity contribution in [2.45, 2.75) is 26.3 Å². The summed E-state index contributed by atoms with van der Waals surface area (Å²) in [6, 6.07) is 13.4. The molecule has 5 rings (SSSR count). The Hall–Kier alpha value is -5.26. The number of esters is 1. The summed E-state index contributed by atoms with van der Waals surface area (Å²) in [6.07, 6.45) is 1.61. The Balaban J connectivity index is 1.35. The van der Waals surface area contributed by atoms with Gasteiger partial charge in [-0.05, 0) is 61.9 Å². The summed E-state index contributed by atoms with van der Waals surface area (Å²) in [5, 5.41) is 20.3. The summed E-state index contributed by atoms with van der Waals surface area (Å²) in [7, 11) is 1.55. The zero-order valence-electron chi connectivity index (χ0n) is 22.1. The highest BCUT2D eigenvalue weighted by molar-refractivity contribution is 5.98. The van der Waals surface area contributed by atoms with Crippen molar-refractivity contribution in [3.05, 3.63) is 71.9 Å². The third kappa shape index (κ3) is 5.46. The van der Waals surface area contributed by atoms with E-state index in [0.29, 0.717) is 45.5 Å². The highest BCUT2D eigenvalue weighted by Gasteiger charge is 2.19. The monoisotopic (exact) mass is 541 g/mol. The number of aromatic hydroxyl groups is 1. The number of rotatable bonds is 9. The number of nitrogens with one attached hydrogen (secondary N) is 3. The maximum atomic E-state index is 13.0. The molecule has 1 amide bonds. The van der Waals surface area contributed by atoms with Gasteiger partial charge in [0.2, 0.25) is 5.88 Å². The quantitative estimate of drug-likeness (QED) is 0.203. The summed E-state index contributed by atoms with van der Waals surface area (Å²) < 4.78 is 10.3. The minimum absolute atomic E-state index is 0.0332. The first kappa shape index (κ1) is 26.4. The van der Waals surface area contributed by atoms with Gasteiger partial charge in [0.05, 0.1) is 36.4 Å². The van der Waals surface area contributed by atoms with E-state index >= 15 is 0 Å². The number of phenols is 1. The Kier molecular flexibility index (Phi) is 7.40. The van der Waals surface area contributed by atoms with Crippen LogP contribution in [0.25, 0.3) is 33.5 Å². The zero-order valence-corrected chi connectivity index (χ0v) is 22.1. The van der Waals surface area contributed by atoms with Gasteiger partial charge in [0, 0.05) is 17.3 Å². The average molecular weight is 542 g/mol. The molecule has 12 nitrogen and oxygen atoms in total. The number of hydrogen-bond acceptors (Lipinski definition) is 9. The standard InChI is InChI=1S/C28H27N7O5/c1-4-40-24(37)14-23-33-25(35-34-23)15(2)30-27(38)17-7-9-20-21(13-17)32-26(31-20)19-12-16(8-10-22(19)36)18-6-5-11-29-28(18)39-3/h5-13,15,36H,4,14H2,1-3H3,(H,30,38)(H,31,32)(H,33,34,35). The van der Waals surface area contributed by atoms with Gasteiger partial charge < -0.3 is 24.9 Å². The fourth-order valence-electron chi connectivity index (χ4n) is 4.22. The smallest absolute Gasteiger partial charge is 0.313 e. The van der Waals surface area contributed by atoms with Crippen molar-refractivity contribution in [1.82, 2.24) is 35.5 Å². The number of fused-ring (bicyclic) bond motifs is 1. The van der Waals surface area contributed by atoms with Gasteiger partial charge in [-0.1, -0.05) is 6.07 Å². The molecule has 3 heterocycles. The van der Waals surface area contributed by atoms with Gasteiger partial charge in [-0.2, -0.15) is 5.10 Å². The van der Waals surface area contributed by atoms with E-state index in [1.165, 1.54) is 0 Å². The molecule has 0 bridgehead atoms. The number of aromatic amines is 2. The Morgan fingerprint density at radius 3 is 2.75 bits per heavy atom. The maximum Gasteiger partial charge on any atom is 0.313 e. The average Bonchev–Trinajstić information content (AvgIpc) is 3.60. The van der Waals surface area contributed by atoms with Gasteiger partial charge in [0.1, 0.15) is 23.8 Å². The fourth-order valence-corrected chi connectivity index (χ4v) is 4.22. The molecule has 2 aromatic carbocycles. The lowest BCUT2D eigenvalue weighted by Crippen LogP contribution is -2.27. The van der Waals surface area contributed by atoms with Crippen LogP contribution in [-0.2, 0) is 16.0 Å². The highest BCUT2D eigenvalue weighted by atomic mass is 16.5. The number of methoxy groups -OCH3 is 1. The van der Waals surface area contributed by atoms with Crippen LogP contribution < -0.4 is 10.1 Å². The number of ether oxygens (including phenoxy) is 2. The zero-order chi connectivity index (χ0) is 28.2. The highest BCUT2D eigenvalue weighted by Crippen LogP contribution is 2.35. The van der Waals surface area contributed by atoms with Crippen molar-refractivity contribution in [3.63, 3.8) is 0 Å². The first-order chi connectivity index (χ1) is 19.4. The van der Waals surface area contributed by atoms with E-state index in [4.69, 9.17) is 9.47 Å². The van der Waals surface area contributed by atoms with E-state index in [1.54, 1.807) is 63.6 Å². The SMILES string of the molecule is CCOC(=O)Cc1nc(C(C)NC(=O)c2ccc3nc(-c4cc(-c5cccnc5OC)ccc4O)[nH]c3c2)n[nH]1. The number of carbonyl (C=O) groups is 2. The second-order valence-corrected chi connectivity index (χ2v) is 8.93. The van der Waals surface area contributed by atoms with Gasteiger partial charge in [-0.3, -0.25) is 14.7 Å². The third-order valence-corrected chi connectivity index (χ3v) is 6.17. The van der Waals surface area contributed by atoms with E-state index in [-0.39, 0.29) is 24.7 Å². The molecule has 0 saturated carbocycles. The summed E-state index contributed by atoms with van der Waals surface area (Å²) in [6.45, 7) is 3.75. The largest absolute Gasteiger partial charge is 0.507 e. The van der Waals surface area contributed by atoms with Crippen molar-refractivity contribution >= 4 is 22.9 Å². The molecule has 1 unspecified atom stereocenters. The number of nitrogens with zero attached hydrogens (tertiary/aromatic N) is 4. The molecule has 0 aliphatic heterocycles. The molecule has 5 aromatic rings. The minimum Gasteiger partial charge on any atom is -0.507 e. The molecule has 204 valence electrons. The summed E-state index contributed by atoms with van der Waals surface area (Å²) in [5.74, 6) is 0.910. The lowest BCUT2D eigenvalue weighted by molar-refractivity contribution is -0.142. The van der Waals surface area contributed by atoms with Crippen LogP contribution in [-0.4, -0.2) is 60.8 Å². The summed E-state index contributed by atoms with van der Waals surface area (Å²) >= 11 is 0. The molecule has 12 heteroatoms. The fraction of sp³-hybridized carbons (Fsp3) is 0.214. The van der Waals surface area contributed by atoms with Gasteiger partial charge in [0.15, 0.2) is 5.82 Å². The molecule has 4 N–H and O–H groups in total. The van der Waals surface area contributed by atoms with E-state index in [0.717, 1.165) is 11.1 Å². The van der Waals surface area contributed by atoms with Gasteiger partial charge in [-0.15, -0.1) is 0 Å². The van der Waals surface area contributed by atoms with Crippen LogP contribution >= 0.6 is 0 Å². The molecule has 0 radical (unpaired) electrons. The first-order valence-corrected chi connectivity index (χ1v) is 12.6. The van der Waals surface area contributed by atoms with Crippen molar-refractivity contribution in [2.75, 3.05) is 13.7 Å². The van der Waals surface area contributed by atoms with E-state index in [1.807, 2.05) is 12.1 Å². The number of hydrogen-bond donors (Lipinski definition) is 4. The number of H-pyrrole nitrogens is 2. The van der Waals surface area contributed by atoms with Crippen molar-refractivity contribution in [3.8, 4) is 34.1 Å². The number of phenolic OH excluding ortho intramolecular Hbond substituents is 1. The number of aromatic nitrogens is 6. The Labute approximate surface area is 228 Å². The van der Waals surface area contributed by atoms with E-state index < -0.39 is 12.0 Å². The summed E-state index contributed by atoms with van der Waals surface area (Å²) in [4.78, 5) is 41.0. The topological polar surface area (TPSA) is 168 Å². The molecular formula is C28H27N7O5. The molecule has 1 atom stereocenters. The van der Waals surface area contributed by atoms with Crippen LogP contribution in [0.15, 0.2) is 54.7 Å². The molecule has 0 spiro atoms. The maximum absolute atomic E-state index is 13.0. The Bertz CT molecular complexity index is 1690. The lowest BCUT2D eigenvalue weighted by atomic mass is 10.0. The number of imidazole rings is 1. The Morgan fingerprint density at radius 1 is 1.10 bits per heavy atom. The lowest BCUT2D eigenvalue weighted by Gasteiger charge is -2.10. The third-order valence-electron chi connectivity index (χ3n) is 6.17. The van der Waals surface area contributed by atoms with Crippen molar-refractivity contribution in [2.24, 2.45) is 0 Å². The number of carbonyl (C=O) groups excluding carboxylic acids is 2. The van der Waals surface area contributed by atoms with Gasteiger partial charge in [-0.25, -0.2) is 15.0 Å². The first-order valence-electron chi connectivity index (χ1n) is 12.6. The molecule has 0 fully saturated rings. The van der Waals surface area contributed by atoms with Crippen LogP contribution in [0.3, 0.4) is 0 Å². The molecule has 3 aromatic heterocycles. The van der Waals surface area contributed by atoms with Gasteiger partial charge in [0.25, 0.3) is 5.91 Å². The predicted molar refractivity (Wildman–Crippen MR) is 146 cm³/mol. The van der Waals surface area contributed by atoms with Crippen LogP contribution in [0.5, 0.6) is 11.6 Å². The van der Waals surface area contributed by atoms with Crippen molar-refractivity contribution < 1.29 is 24.2 Å². The molecule has 0 saturated heterocycles. The number of pyridine rings is 1. The Morgan fingerprint density at radius 2 is 1.95 bits per heavy atom. The molecule has 0 aliphatic carbocycles. The van der Waals surface area contributed by atoms with E-state index in [2.05, 4.69) is 35.5 Å². The second kappa shape index (κ2) is 11.2. The normalized spacial score (nSPS) is 11.8. The summed E-state index contributed by atoms with van der Waals surface area (Å²) in [5.41, 5.74) is 3.70. The molecule has 0 aliphatic rings. The van der Waals surface area contributed by atoms with Crippen LogP contribution in [0, 0.1) is 0 Å². The number of benzene rings is 2. The van der Waals surface area contributed by atoms with Crippen LogP contribution in [0.2, 0.25) is 0 Å². The van der Waals surface area contributed by atoms with Crippen LogP contribution in [0.4, 0.5) is 0 Å². The van der Waals surface area contributed by atoms with E-state index in [9.17, 15) is 14.7 Å². The van der Waals surface area contributed by atoms with Crippen molar-refractivity contribution in [1.29, 1.82) is 0 Å². The molecular weight excluding hydrogens is 514 g/mol. The molecule has 40 heavy (non-hydrogen) atoms. The van der Waals surface area contributed by atoms with Gasteiger partial charge >= 0.3 is 5.97 Å². The van der Waals surface area contributed by atoms with Crippen LogP contribution in [0.1, 0.15) is 41.9 Å². The number of amides is 1. The minimum atomic E-state index is -0.517.